The van der Waals surface area contributed by atoms with E-state index in [9.17, 15) is 19.2 Å². The molecule has 0 spiro atoms. The number of carbonyl (C=O) groups is 2. The average Bonchev–Trinajstić information content (AvgIpc) is 3.38. The lowest BCUT2D eigenvalue weighted by molar-refractivity contribution is -0.117. The fourth-order valence-electron chi connectivity index (χ4n) is 4.17. The highest BCUT2D eigenvalue weighted by Crippen LogP contribution is 2.65. The highest BCUT2D eigenvalue weighted by molar-refractivity contribution is 6.53. The van der Waals surface area contributed by atoms with Crippen LogP contribution in [0.1, 0.15) is 38.5 Å². The Morgan fingerprint density at radius 1 is 1.06 bits per heavy atom. The zero-order valence-corrected chi connectivity index (χ0v) is 22.3. The van der Waals surface area contributed by atoms with Crippen LogP contribution in [0, 0.1) is 30.0 Å². The van der Waals surface area contributed by atoms with Crippen molar-refractivity contribution >= 4 is 75.4 Å². The predicted molar refractivity (Wildman–Crippen MR) is 141 cm³/mol. The van der Waals surface area contributed by atoms with Crippen LogP contribution in [0.25, 0.3) is 0 Å². The molecule has 1 saturated carbocycles. The number of nitriles is 1. The molecule has 1 aliphatic rings. The third-order valence-electron chi connectivity index (χ3n) is 5.91. The van der Waals surface area contributed by atoms with Crippen molar-refractivity contribution in [1.82, 2.24) is 0 Å². The minimum absolute atomic E-state index is 0.0197. The molecule has 36 heavy (non-hydrogen) atoms. The number of Topliss-reactive ketones (excluding diaryl/α,β-unsaturated/α-hetero) is 1. The number of alkyl halides is 2. The van der Waals surface area contributed by atoms with Crippen molar-refractivity contribution in [2.24, 2.45) is 5.92 Å². The van der Waals surface area contributed by atoms with Gasteiger partial charge in [0.1, 0.15) is 10.2 Å². The Bertz CT molecular complexity index is 1430. The molecule has 2 atom stereocenters. The minimum atomic E-state index is -1.38. The van der Waals surface area contributed by atoms with E-state index in [0.717, 1.165) is 0 Å². The first-order valence-electron chi connectivity index (χ1n) is 10.6. The molecule has 3 aromatic carbocycles. The summed E-state index contributed by atoms with van der Waals surface area (Å²) in [5.74, 6) is -2.98. The standard InChI is InChI=1S/C26H16Cl5FN2O2/c1-12-4-14(11-33)18(21(32)5-12)10-22(35)19-9-17(2-3-20(19)29)34-25(36)24-23(26(24,30)31)13-6-15(27)8-16(28)7-13/h2-9,23-24H,10H2,1H3,(H,34,36). The van der Waals surface area contributed by atoms with Crippen molar-refractivity contribution in [2.45, 2.75) is 23.6 Å². The number of nitrogens with one attached hydrogen (secondary N) is 1. The molecule has 4 nitrogen and oxygen atoms in total. The van der Waals surface area contributed by atoms with Gasteiger partial charge in [0.2, 0.25) is 5.91 Å². The molecule has 10 heteroatoms. The Kier molecular flexibility index (Phi) is 7.57. The number of rotatable bonds is 6. The summed E-state index contributed by atoms with van der Waals surface area (Å²) in [5, 5.41) is 12.9. The molecular weight excluding hydrogens is 569 g/mol. The third kappa shape index (κ3) is 5.34. The SMILES string of the molecule is Cc1cc(F)c(CC(=O)c2cc(NC(=O)C3C(c4cc(Cl)cc(Cl)c4)C3(Cl)Cl)ccc2Cl)c(C#N)c1. The van der Waals surface area contributed by atoms with E-state index in [2.05, 4.69) is 5.32 Å². The third-order valence-corrected chi connectivity index (χ3v) is 7.62. The van der Waals surface area contributed by atoms with Crippen molar-refractivity contribution in [2.75, 3.05) is 5.32 Å². The van der Waals surface area contributed by atoms with Crippen LogP contribution >= 0.6 is 58.0 Å². The number of amides is 1. The first kappa shape index (κ1) is 26.7. The Morgan fingerprint density at radius 3 is 2.36 bits per heavy atom. The summed E-state index contributed by atoms with van der Waals surface area (Å²) in [5.41, 5.74) is 1.58. The largest absolute Gasteiger partial charge is 0.326 e. The van der Waals surface area contributed by atoms with E-state index in [4.69, 9.17) is 58.0 Å². The monoisotopic (exact) mass is 582 g/mol. The van der Waals surface area contributed by atoms with Crippen molar-refractivity contribution in [1.29, 1.82) is 5.26 Å². The second-order valence-corrected chi connectivity index (χ2v) is 11.2. The summed E-state index contributed by atoms with van der Waals surface area (Å²) in [4.78, 5) is 26.0. The predicted octanol–water partition coefficient (Wildman–Crippen LogP) is 7.92. The molecule has 0 aliphatic heterocycles. The summed E-state index contributed by atoms with van der Waals surface area (Å²) in [7, 11) is 0. The van der Waals surface area contributed by atoms with Crippen LogP contribution in [-0.2, 0) is 11.2 Å². The van der Waals surface area contributed by atoms with Gasteiger partial charge in [0.25, 0.3) is 0 Å². The van der Waals surface area contributed by atoms with Gasteiger partial charge in [0.05, 0.1) is 22.6 Å². The number of anilines is 1. The van der Waals surface area contributed by atoms with Crippen LogP contribution in [0.5, 0.6) is 0 Å². The van der Waals surface area contributed by atoms with E-state index in [1.807, 2.05) is 6.07 Å². The average molecular weight is 585 g/mol. The van der Waals surface area contributed by atoms with E-state index in [-0.39, 0.29) is 33.8 Å². The van der Waals surface area contributed by atoms with Gasteiger partial charge in [-0.15, -0.1) is 23.2 Å². The van der Waals surface area contributed by atoms with Gasteiger partial charge < -0.3 is 5.32 Å². The number of hydrogen-bond acceptors (Lipinski definition) is 3. The number of halogens is 6. The lowest BCUT2D eigenvalue weighted by atomic mass is 9.97. The number of carbonyl (C=O) groups excluding carboxylic acids is 2. The van der Waals surface area contributed by atoms with Gasteiger partial charge in [-0.05, 0) is 66.6 Å². The first-order valence-corrected chi connectivity index (χ1v) is 12.5. The van der Waals surface area contributed by atoms with Crippen molar-refractivity contribution in [3.63, 3.8) is 0 Å². The molecule has 184 valence electrons. The second-order valence-electron chi connectivity index (χ2n) is 8.50. The Labute approximate surface area is 231 Å². The smallest absolute Gasteiger partial charge is 0.231 e. The molecular formula is C26H16Cl5FN2O2. The Hall–Kier alpha value is -2.33. The molecule has 4 rings (SSSR count). The maximum Gasteiger partial charge on any atom is 0.231 e. The van der Waals surface area contributed by atoms with Gasteiger partial charge in [-0.2, -0.15) is 5.26 Å². The molecule has 0 saturated heterocycles. The molecule has 0 heterocycles. The molecule has 0 bridgehead atoms. The van der Waals surface area contributed by atoms with Crippen LogP contribution in [-0.4, -0.2) is 16.0 Å². The summed E-state index contributed by atoms with van der Waals surface area (Å²) < 4.78 is 13.1. The highest BCUT2D eigenvalue weighted by atomic mass is 35.5. The molecule has 3 aromatic rings. The van der Waals surface area contributed by atoms with E-state index in [0.29, 0.717) is 21.2 Å². The number of benzene rings is 3. The summed E-state index contributed by atoms with van der Waals surface area (Å²) in [6.07, 6.45) is -0.376. The van der Waals surface area contributed by atoms with E-state index < -0.39 is 33.7 Å². The van der Waals surface area contributed by atoms with Gasteiger partial charge in [-0.1, -0.05) is 34.8 Å². The van der Waals surface area contributed by atoms with Crippen LogP contribution in [0.4, 0.5) is 10.1 Å². The van der Waals surface area contributed by atoms with Crippen LogP contribution in [0.2, 0.25) is 15.1 Å². The van der Waals surface area contributed by atoms with Crippen molar-refractivity contribution in [3.05, 3.63) is 97.2 Å². The van der Waals surface area contributed by atoms with Gasteiger partial charge in [0, 0.05) is 39.2 Å². The van der Waals surface area contributed by atoms with Gasteiger partial charge >= 0.3 is 0 Å². The molecule has 1 fully saturated rings. The quantitative estimate of drug-likeness (QED) is 0.236. The fraction of sp³-hybridized carbons (Fsp3) is 0.192. The number of ketones is 1. The maximum atomic E-state index is 14.5. The van der Waals surface area contributed by atoms with Gasteiger partial charge in [0.15, 0.2) is 5.78 Å². The lowest BCUT2D eigenvalue weighted by Gasteiger charge is -2.11. The zero-order chi connectivity index (χ0) is 26.4. The van der Waals surface area contributed by atoms with E-state index in [1.165, 1.54) is 30.3 Å². The molecule has 1 aliphatic carbocycles. The van der Waals surface area contributed by atoms with Crippen LogP contribution < -0.4 is 5.32 Å². The molecule has 1 amide bonds. The van der Waals surface area contributed by atoms with Gasteiger partial charge in [-0.3, -0.25) is 9.59 Å². The highest BCUT2D eigenvalue weighted by Gasteiger charge is 2.67. The summed E-state index contributed by atoms with van der Waals surface area (Å²) >= 11 is 31.2. The maximum absolute atomic E-state index is 14.5. The normalized spacial score (nSPS) is 17.8. The Balaban J connectivity index is 1.55. The summed E-state index contributed by atoms with van der Waals surface area (Å²) in [6.45, 7) is 1.65. The zero-order valence-electron chi connectivity index (χ0n) is 18.5. The van der Waals surface area contributed by atoms with Crippen LogP contribution in [0.15, 0.2) is 48.5 Å². The van der Waals surface area contributed by atoms with E-state index >= 15 is 0 Å². The fourth-order valence-corrected chi connectivity index (χ4v) is 5.76. The number of aryl methyl sites for hydroxylation is 1. The molecule has 1 N–H and O–H groups in total. The molecule has 0 radical (unpaired) electrons. The molecule has 2 unspecified atom stereocenters. The Morgan fingerprint density at radius 2 is 1.72 bits per heavy atom. The second kappa shape index (κ2) is 10.2. The topological polar surface area (TPSA) is 70.0 Å². The molecule has 0 aromatic heterocycles. The van der Waals surface area contributed by atoms with Crippen LogP contribution in [0.3, 0.4) is 0 Å². The lowest BCUT2D eigenvalue weighted by Crippen LogP contribution is -2.17. The number of nitrogens with zero attached hydrogens (tertiary/aromatic N) is 1. The van der Waals surface area contributed by atoms with Crippen molar-refractivity contribution in [3.8, 4) is 6.07 Å². The summed E-state index contributed by atoms with van der Waals surface area (Å²) in [6, 6.07) is 13.9. The van der Waals surface area contributed by atoms with Gasteiger partial charge in [-0.25, -0.2) is 4.39 Å². The van der Waals surface area contributed by atoms with Crippen molar-refractivity contribution < 1.29 is 14.0 Å². The first-order chi connectivity index (χ1) is 16.9. The minimum Gasteiger partial charge on any atom is -0.326 e. The number of hydrogen-bond donors (Lipinski definition) is 1. The van der Waals surface area contributed by atoms with E-state index in [1.54, 1.807) is 25.1 Å².